The average Bonchev–Trinajstić information content (AvgIpc) is 2.56. The quantitative estimate of drug-likeness (QED) is 0.668. The van der Waals surface area contributed by atoms with Crippen molar-refractivity contribution >= 4 is 43.6 Å². The Labute approximate surface area is 107 Å². The third kappa shape index (κ3) is 2.51. The van der Waals surface area contributed by atoms with Crippen LogP contribution < -0.4 is 9.62 Å². The molecule has 0 radical (unpaired) electrons. The van der Waals surface area contributed by atoms with Gasteiger partial charge in [-0.15, -0.1) is 0 Å². The van der Waals surface area contributed by atoms with E-state index in [4.69, 9.17) is 11.6 Å². The summed E-state index contributed by atoms with van der Waals surface area (Å²) >= 11 is 6.62. The van der Waals surface area contributed by atoms with Crippen LogP contribution in [0.2, 0.25) is 4.34 Å². The van der Waals surface area contributed by atoms with Crippen molar-refractivity contribution in [3.05, 3.63) is 14.5 Å². The number of thiophene rings is 1. The molecule has 0 saturated heterocycles. The molecule has 0 aliphatic carbocycles. The molecule has 1 N–H and O–H groups in total. The van der Waals surface area contributed by atoms with E-state index in [-0.39, 0.29) is 9.34 Å². The highest BCUT2D eigenvalue weighted by molar-refractivity contribution is 7.90. The predicted octanol–water partition coefficient (Wildman–Crippen LogP) is 1.28. The van der Waals surface area contributed by atoms with E-state index in [1.54, 1.807) is 14.1 Å². The summed E-state index contributed by atoms with van der Waals surface area (Å²) in [6.45, 7) is 0. The van der Waals surface area contributed by atoms with Gasteiger partial charge in [-0.05, 0) is 7.05 Å². The fourth-order valence-corrected chi connectivity index (χ4v) is 3.96. The molecule has 1 aromatic heterocycles. The second-order valence-electron chi connectivity index (χ2n) is 3.22. The molecule has 0 spiro atoms. The molecular weight excluding hydrogens is 290 g/mol. The number of halogens is 1. The highest BCUT2D eigenvalue weighted by Crippen LogP contribution is 2.46. The third-order valence-electron chi connectivity index (χ3n) is 1.91. The number of anilines is 1. The predicted molar refractivity (Wildman–Crippen MR) is 66.6 cm³/mol. The molecule has 0 amide bonds. The number of hydrogen-bond donors (Lipinski definition) is 1. The van der Waals surface area contributed by atoms with Gasteiger partial charge >= 0.3 is 5.69 Å². The fourth-order valence-electron chi connectivity index (χ4n) is 1.17. The first kappa shape index (κ1) is 14.2. The van der Waals surface area contributed by atoms with E-state index < -0.39 is 25.5 Å². The molecule has 1 aromatic rings. The minimum Gasteiger partial charge on any atom is -0.364 e. The summed E-state index contributed by atoms with van der Waals surface area (Å²) in [5, 5.41) is 11.1. The molecule has 0 fully saturated rings. The second-order valence-corrected chi connectivity index (χ2v) is 6.64. The fraction of sp³-hybridized carbons (Fsp3) is 0.429. The molecule has 1 rings (SSSR count). The van der Waals surface area contributed by atoms with Crippen molar-refractivity contribution in [1.29, 1.82) is 0 Å². The van der Waals surface area contributed by atoms with Gasteiger partial charge in [0.1, 0.15) is 4.34 Å². The van der Waals surface area contributed by atoms with Crippen LogP contribution in [0.25, 0.3) is 0 Å². The number of nitrogens with one attached hydrogen (secondary N) is 1. The molecule has 17 heavy (non-hydrogen) atoms. The first-order chi connectivity index (χ1) is 7.72. The summed E-state index contributed by atoms with van der Waals surface area (Å²) in [5.74, 6) is 0. The molecule has 0 aliphatic heterocycles. The molecule has 0 bridgehead atoms. The van der Waals surface area contributed by atoms with E-state index in [0.717, 1.165) is 11.3 Å². The van der Waals surface area contributed by atoms with E-state index in [0.29, 0.717) is 0 Å². The molecule has 96 valence electrons. The van der Waals surface area contributed by atoms with Crippen molar-refractivity contribution in [1.82, 2.24) is 4.72 Å². The lowest BCUT2D eigenvalue weighted by atomic mass is 10.5. The summed E-state index contributed by atoms with van der Waals surface area (Å²) in [6, 6.07) is 0. The van der Waals surface area contributed by atoms with Crippen LogP contribution in [0.5, 0.6) is 0 Å². The zero-order valence-electron chi connectivity index (χ0n) is 9.22. The van der Waals surface area contributed by atoms with Crippen LogP contribution in [0, 0.1) is 10.1 Å². The highest BCUT2D eigenvalue weighted by Gasteiger charge is 2.35. The van der Waals surface area contributed by atoms with Crippen molar-refractivity contribution in [2.45, 2.75) is 4.90 Å². The molecule has 10 heteroatoms. The minimum absolute atomic E-state index is 0.130. The minimum atomic E-state index is -3.96. The number of hydrogen-bond acceptors (Lipinski definition) is 6. The van der Waals surface area contributed by atoms with Crippen molar-refractivity contribution in [3.8, 4) is 0 Å². The van der Waals surface area contributed by atoms with Gasteiger partial charge in [0.2, 0.25) is 10.0 Å². The van der Waals surface area contributed by atoms with Crippen LogP contribution in [0.3, 0.4) is 0 Å². The van der Waals surface area contributed by atoms with Gasteiger partial charge in [0, 0.05) is 14.1 Å². The Morgan fingerprint density at radius 3 is 2.35 bits per heavy atom. The van der Waals surface area contributed by atoms with Crippen LogP contribution in [0.15, 0.2) is 4.90 Å². The van der Waals surface area contributed by atoms with E-state index in [2.05, 4.69) is 0 Å². The number of sulfonamides is 1. The SMILES string of the molecule is CNS(=O)(=O)c1c(Cl)sc(N(C)C)c1[N+](=O)[O-]. The Kier molecular flexibility index (Phi) is 3.97. The standard InChI is InChI=1S/C7H10ClN3O4S2/c1-9-17(14,15)5-4(11(12)13)7(10(2)3)16-6(5)8/h9H,1-3H3. The Hall–Kier alpha value is -0.900. The van der Waals surface area contributed by atoms with Crippen molar-refractivity contribution in [2.24, 2.45) is 0 Å². The smallest absolute Gasteiger partial charge is 0.325 e. The van der Waals surface area contributed by atoms with E-state index in [1.165, 1.54) is 11.9 Å². The molecule has 0 saturated carbocycles. The molecule has 0 unspecified atom stereocenters. The summed E-state index contributed by atoms with van der Waals surface area (Å²) in [6.07, 6.45) is 0. The van der Waals surface area contributed by atoms with E-state index >= 15 is 0 Å². The van der Waals surface area contributed by atoms with Crippen LogP contribution in [-0.2, 0) is 10.0 Å². The molecule has 0 aromatic carbocycles. The van der Waals surface area contributed by atoms with Gasteiger partial charge in [-0.2, -0.15) is 0 Å². The zero-order chi connectivity index (χ0) is 13.4. The highest BCUT2D eigenvalue weighted by atomic mass is 35.5. The van der Waals surface area contributed by atoms with Crippen LogP contribution in [0.4, 0.5) is 10.7 Å². The maximum Gasteiger partial charge on any atom is 0.325 e. The van der Waals surface area contributed by atoms with E-state index in [9.17, 15) is 18.5 Å². The summed E-state index contributed by atoms with van der Waals surface area (Å²) in [4.78, 5) is 11.2. The molecule has 1 heterocycles. The van der Waals surface area contributed by atoms with Gasteiger partial charge in [0.05, 0.1) is 4.92 Å². The number of rotatable bonds is 4. The third-order valence-corrected chi connectivity index (χ3v) is 5.18. The topological polar surface area (TPSA) is 92.6 Å². The zero-order valence-corrected chi connectivity index (χ0v) is 11.6. The molecule has 0 aliphatic rings. The van der Waals surface area contributed by atoms with Gasteiger partial charge in [-0.1, -0.05) is 22.9 Å². The maximum atomic E-state index is 11.7. The monoisotopic (exact) mass is 299 g/mol. The number of nitrogens with zero attached hydrogens (tertiary/aromatic N) is 2. The first-order valence-corrected chi connectivity index (χ1v) is 6.97. The Morgan fingerprint density at radius 2 is 2.00 bits per heavy atom. The maximum absolute atomic E-state index is 11.7. The molecule has 7 nitrogen and oxygen atoms in total. The lowest BCUT2D eigenvalue weighted by molar-refractivity contribution is -0.386. The van der Waals surface area contributed by atoms with Crippen LogP contribution >= 0.6 is 22.9 Å². The molecular formula is C7H10ClN3O4S2. The summed E-state index contributed by atoms with van der Waals surface area (Å²) in [5.41, 5.74) is -0.501. The first-order valence-electron chi connectivity index (χ1n) is 4.30. The van der Waals surface area contributed by atoms with Gasteiger partial charge in [0.25, 0.3) is 0 Å². The van der Waals surface area contributed by atoms with Gasteiger partial charge in [-0.25, -0.2) is 13.1 Å². The Morgan fingerprint density at radius 1 is 1.47 bits per heavy atom. The second kappa shape index (κ2) is 4.77. The summed E-state index contributed by atoms with van der Waals surface area (Å²) in [7, 11) is 0.361. The number of nitro groups is 1. The largest absolute Gasteiger partial charge is 0.364 e. The van der Waals surface area contributed by atoms with Gasteiger partial charge in [0.15, 0.2) is 9.90 Å². The van der Waals surface area contributed by atoms with Crippen LogP contribution in [0.1, 0.15) is 0 Å². The van der Waals surface area contributed by atoms with Gasteiger partial charge in [-0.3, -0.25) is 10.1 Å². The lowest BCUT2D eigenvalue weighted by Gasteiger charge is -2.08. The average molecular weight is 300 g/mol. The summed E-state index contributed by atoms with van der Waals surface area (Å²) < 4.78 is 25.2. The van der Waals surface area contributed by atoms with Crippen molar-refractivity contribution in [3.63, 3.8) is 0 Å². The Bertz CT molecular complexity index is 552. The Balaban J connectivity index is 3.67. The normalized spacial score (nSPS) is 11.5. The van der Waals surface area contributed by atoms with E-state index in [1.807, 2.05) is 4.72 Å². The van der Waals surface area contributed by atoms with Crippen molar-refractivity contribution in [2.75, 3.05) is 26.0 Å². The van der Waals surface area contributed by atoms with Crippen molar-refractivity contribution < 1.29 is 13.3 Å². The van der Waals surface area contributed by atoms with Crippen LogP contribution in [-0.4, -0.2) is 34.5 Å². The lowest BCUT2D eigenvalue weighted by Crippen LogP contribution is -2.20. The molecule has 0 atom stereocenters. The van der Waals surface area contributed by atoms with Gasteiger partial charge < -0.3 is 4.90 Å².